The van der Waals surface area contributed by atoms with Gasteiger partial charge in [-0.1, -0.05) is 0 Å². The Morgan fingerprint density at radius 1 is 1.24 bits per heavy atom. The number of anilines is 1. The molecule has 1 spiro atoms. The van der Waals surface area contributed by atoms with E-state index in [9.17, 15) is 9.59 Å². The lowest BCUT2D eigenvalue weighted by Gasteiger charge is -2.25. The number of carbonyl (C=O) groups excluding carboxylic acids is 2. The predicted octanol–water partition coefficient (Wildman–Crippen LogP) is 2.68. The maximum atomic E-state index is 13.0. The minimum Gasteiger partial charge on any atom is -0.341 e. The van der Waals surface area contributed by atoms with E-state index in [1.54, 1.807) is 6.20 Å². The first-order valence-electron chi connectivity index (χ1n) is 8.76. The van der Waals surface area contributed by atoms with E-state index in [1.165, 1.54) is 11.3 Å². The third kappa shape index (κ3) is 2.31. The van der Waals surface area contributed by atoms with E-state index in [-0.39, 0.29) is 23.1 Å². The van der Waals surface area contributed by atoms with Crippen LogP contribution in [0.2, 0.25) is 0 Å². The summed E-state index contributed by atoms with van der Waals surface area (Å²) in [6.07, 6.45) is 4.73. The van der Waals surface area contributed by atoms with Crippen molar-refractivity contribution < 1.29 is 9.59 Å². The van der Waals surface area contributed by atoms with Crippen LogP contribution < -0.4 is 4.90 Å². The van der Waals surface area contributed by atoms with Gasteiger partial charge in [-0.25, -0.2) is 0 Å². The van der Waals surface area contributed by atoms with Crippen LogP contribution in [-0.4, -0.2) is 41.3 Å². The maximum absolute atomic E-state index is 13.0. The van der Waals surface area contributed by atoms with E-state index >= 15 is 0 Å². The van der Waals surface area contributed by atoms with Gasteiger partial charge >= 0.3 is 0 Å². The molecule has 5 rings (SSSR count). The summed E-state index contributed by atoms with van der Waals surface area (Å²) in [6.45, 7) is 2.06. The van der Waals surface area contributed by atoms with Gasteiger partial charge in [0.2, 0.25) is 5.91 Å². The maximum Gasteiger partial charge on any atom is 0.259 e. The molecule has 5 nitrogen and oxygen atoms in total. The second kappa shape index (κ2) is 5.39. The molecule has 1 saturated heterocycles. The van der Waals surface area contributed by atoms with Crippen LogP contribution in [0, 0.1) is 5.92 Å². The average molecular weight is 353 g/mol. The van der Waals surface area contributed by atoms with Gasteiger partial charge in [-0.3, -0.25) is 14.6 Å². The van der Waals surface area contributed by atoms with Gasteiger partial charge in [0, 0.05) is 37.1 Å². The van der Waals surface area contributed by atoms with E-state index in [2.05, 4.69) is 4.98 Å². The van der Waals surface area contributed by atoms with Gasteiger partial charge < -0.3 is 9.80 Å². The van der Waals surface area contributed by atoms with Crippen molar-refractivity contribution in [3.63, 3.8) is 0 Å². The SMILES string of the molecule is O=C(C1CC1)N1CCC2(C1)CN(C(=O)c1ccsc1)c1cccnc12. The molecule has 4 heterocycles. The molecule has 2 aromatic heterocycles. The van der Waals surface area contributed by atoms with Crippen LogP contribution in [0.15, 0.2) is 35.2 Å². The van der Waals surface area contributed by atoms with Crippen LogP contribution in [-0.2, 0) is 10.2 Å². The molecule has 2 fully saturated rings. The first kappa shape index (κ1) is 15.1. The lowest BCUT2D eigenvalue weighted by atomic mass is 9.85. The first-order valence-corrected chi connectivity index (χ1v) is 9.71. The first-order chi connectivity index (χ1) is 12.2. The van der Waals surface area contributed by atoms with Gasteiger partial charge in [-0.2, -0.15) is 11.3 Å². The quantitative estimate of drug-likeness (QED) is 0.834. The molecule has 0 N–H and O–H groups in total. The Kier molecular flexibility index (Phi) is 3.25. The molecule has 2 aromatic rings. The predicted molar refractivity (Wildman–Crippen MR) is 95.8 cm³/mol. The Hall–Kier alpha value is -2.21. The number of fused-ring (bicyclic) bond motifs is 2. The Morgan fingerprint density at radius 2 is 2.12 bits per heavy atom. The van der Waals surface area contributed by atoms with Crippen molar-refractivity contribution in [1.29, 1.82) is 0 Å². The highest BCUT2D eigenvalue weighted by Crippen LogP contribution is 2.46. The molecule has 1 saturated carbocycles. The number of pyridine rings is 1. The number of nitrogens with zero attached hydrogens (tertiary/aromatic N) is 3. The normalized spacial score (nSPS) is 24.8. The van der Waals surface area contributed by atoms with E-state index in [0.29, 0.717) is 13.1 Å². The second-order valence-corrected chi connectivity index (χ2v) is 8.12. The van der Waals surface area contributed by atoms with E-state index in [4.69, 9.17) is 0 Å². The summed E-state index contributed by atoms with van der Waals surface area (Å²) in [5.74, 6) is 0.555. The number of amides is 2. The van der Waals surface area contributed by atoms with Gasteiger partial charge in [0.25, 0.3) is 5.91 Å². The van der Waals surface area contributed by atoms with E-state index in [0.717, 1.165) is 42.8 Å². The third-order valence-electron chi connectivity index (χ3n) is 5.65. The molecule has 1 unspecified atom stereocenters. The summed E-state index contributed by atoms with van der Waals surface area (Å²) in [4.78, 5) is 33.9. The summed E-state index contributed by atoms with van der Waals surface area (Å²) in [5.41, 5.74) is 2.39. The molecule has 0 radical (unpaired) electrons. The third-order valence-corrected chi connectivity index (χ3v) is 6.33. The van der Waals surface area contributed by atoms with Crippen LogP contribution in [0.1, 0.15) is 35.3 Å². The van der Waals surface area contributed by atoms with Gasteiger partial charge in [0.1, 0.15) is 0 Å². The summed E-state index contributed by atoms with van der Waals surface area (Å²) < 4.78 is 0. The zero-order valence-corrected chi connectivity index (χ0v) is 14.7. The van der Waals surface area contributed by atoms with Crippen molar-refractivity contribution >= 4 is 28.8 Å². The molecular weight excluding hydrogens is 334 g/mol. The Bertz CT molecular complexity index is 846. The number of likely N-dealkylation sites (tertiary alicyclic amines) is 1. The number of hydrogen-bond acceptors (Lipinski definition) is 4. The fourth-order valence-electron chi connectivity index (χ4n) is 4.18. The van der Waals surface area contributed by atoms with Crippen LogP contribution >= 0.6 is 11.3 Å². The zero-order valence-electron chi connectivity index (χ0n) is 13.9. The van der Waals surface area contributed by atoms with Gasteiger partial charge in [-0.05, 0) is 42.8 Å². The number of hydrogen-bond donors (Lipinski definition) is 0. The van der Waals surface area contributed by atoms with Crippen LogP contribution in [0.25, 0.3) is 0 Å². The highest BCUT2D eigenvalue weighted by Gasteiger charge is 2.52. The molecular formula is C19H19N3O2S. The number of rotatable bonds is 2. The van der Waals surface area contributed by atoms with Crippen LogP contribution in [0.5, 0.6) is 0 Å². The molecule has 3 aliphatic rings. The van der Waals surface area contributed by atoms with Gasteiger partial charge in [-0.15, -0.1) is 0 Å². The van der Waals surface area contributed by atoms with Crippen molar-refractivity contribution in [2.45, 2.75) is 24.7 Å². The van der Waals surface area contributed by atoms with Crippen molar-refractivity contribution in [3.8, 4) is 0 Å². The smallest absolute Gasteiger partial charge is 0.259 e. The highest BCUT2D eigenvalue weighted by atomic mass is 32.1. The fourth-order valence-corrected chi connectivity index (χ4v) is 4.81. The highest BCUT2D eigenvalue weighted by molar-refractivity contribution is 7.08. The standard InChI is InChI=1S/C19H19N3O2S/c23-17(13-3-4-13)21-8-6-19(11-21)12-22(15-2-1-7-20-16(15)19)18(24)14-5-9-25-10-14/h1-2,5,7,9-10,13H,3-4,6,8,11-12H2. The van der Waals surface area contributed by atoms with E-state index in [1.807, 2.05) is 38.8 Å². The molecule has 0 bridgehead atoms. The molecule has 1 atom stereocenters. The molecule has 25 heavy (non-hydrogen) atoms. The summed E-state index contributed by atoms with van der Waals surface area (Å²) in [5, 5.41) is 3.82. The monoisotopic (exact) mass is 353 g/mol. The fraction of sp³-hybridized carbons (Fsp3) is 0.421. The lowest BCUT2D eigenvalue weighted by Crippen LogP contribution is -2.40. The second-order valence-electron chi connectivity index (χ2n) is 7.34. The van der Waals surface area contributed by atoms with Crippen molar-refractivity contribution in [2.24, 2.45) is 5.92 Å². The lowest BCUT2D eigenvalue weighted by molar-refractivity contribution is -0.131. The number of carbonyl (C=O) groups is 2. The van der Waals surface area contributed by atoms with Crippen molar-refractivity contribution in [1.82, 2.24) is 9.88 Å². The Balaban J connectivity index is 1.48. The Labute approximate surface area is 150 Å². The minimum absolute atomic E-state index is 0.0272. The summed E-state index contributed by atoms with van der Waals surface area (Å²) in [6, 6.07) is 5.73. The Morgan fingerprint density at radius 3 is 2.88 bits per heavy atom. The van der Waals surface area contributed by atoms with Gasteiger partial charge in [0.05, 0.1) is 22.4 Å². The number of thiophene rings is 1. The molecule has 2 aliphatic heterocycles. The molecule has 1 aliphatic carbocycles. The largest absolute Gasteiger partial charge is 0.341 e. The summed E-state index contributed by atoms with van der Waals surface area (Å²) >= 11 is 1.53. The zero-order chi connectivity index (χ0) is 17.0. The molecule has 0 aromatic carbocycles. The van der Waals surface area contributed by atoms with Crippen molar-refractivity contribution in [2.75, 3.05) is 24.5 Å². The topological polar surface area (TPSA) is 53.5 Å². The van der Waals surface area contributed by atoms with Crippen LogP contribution in [0.3, 0.4) is 0 Å². The van der Waals surface area contributed by atoms with Crippen molar-refractivity contribution in [3.05, 3.63) is 46.4 Å². The van der Waals surface area contributed by atoms with Gasteiger partial charge in [0.15, 0.2) is 0 Å². The molecule has 128 valence electrons. The molecule has 6 heteroatoms. The number of aromatic nitrogens is 1. The average Bonchev–Trinajstić information content (AvgIpc) is 3.08. The van der Waals surface area contributed by atoms with Crippen LogP contribution in [0.4, 0.5) is 5.69 Å². The summed E-state index contributed by atoms with van der Waals surface area (Å²) in [7, 11) is 0. The molecule has 2 amide bonds. The minimum atomic E-state index is -0.215. The van der Waals surface area contributed by atoms with E-state index < -0.39 is 0 Å².